The van der Waals surface area contributed by atoms with Crippen LogP contribution in [0.15, 0.2) is 16.7 Å². The van der Waals surface area contributed by atoms with Gasteiger partial charge in [0.25, 0.3) is 0 Å². The topological polar surface area (TPSA) is 67.6 Å². The van der Waals surface area contributed by atoms with Gasteiger partial charge in [-0.25, -0.2) is 9.97 Å². The van der Waals surface area contributed by atoms with Gasteiger partial charge in [0.05, 0.1) is 5.52 Å². The molecule has 0 aromatic carbocycles. The molecule has 5 heteroatoms. The largest absolute Gasteiger partial charge is 0.341 e. The van der Waals surface area contributed by atoms with Crippen LogP contribution in [0.2, 0.25) is 0 Å². The molecule has 0 aliphatic carbocycles. The molecule has 0 fully saturated rings. The highest BCUT2D eigenvalue weighted by atomic mass is 79.9. The number of imidazole rings is 1. The van der Waals surface area contributed by atoms with E-state index in [1.807, 2.05) is 6.07 Å². The minimum absolute atomic E-state index is 0.0755. The van der Waals surface area contributed by atoms with Gasteiger partial charge in [0.2, 0.25) is 0 Å². The molecule has 2 heterocycles. The predicted octanol–water partition coefficient (Wildman–Crippen LogP) is 2.64. The number of hydrogen-bond acceptors (Lipinski definition) is 3. The third kappa shape index (κ3) is 2.84. The SMILES string of the molecule is CC(C)(C)C(N)Cc1nc2ncc(Br)cc2[nH]1. The number of fused-ring (bicyclic) bond motifs is 1. The number of H-pyrrole nitrogens is 1. The van der Waals surface area contributed by atoms with Gasteiger partial charge in [-0.05, 0) is 27.4 Å². The van der Waals surface area contributed by atoms with Crippen molar-refractivity contribution >= 4 is 27.1 Å². The molecule has 0 radical (unpaired) electrons. The van der Waals surface area contributed by atoms with Crippen molar-refractivity contribution in [2.24, 2.45) is 11.1 Å². The quantitative estimate of drug-likeness (QED) is 0.895. The Labute approximate surface area is 109 Å². The van der Waals surface area contributed by atoms with Crippen LogP contribution >= 0.6 is 15.9 Å². The Bertz CT molecular complexity index is 527. The van der Waals surface area contributed by atoms with E-state index in [0.717, 1.165) is 27.9 Å². The molecular weight excluding hydrogens is 280 g/mol. The van der Waals surface area contributed by atoms with Gasteiger partial charge in [-0.15, -0.1) is 0 Å². The minimum atomic E-state index is 0.0755. The summed E-state index contributed by atoms with van der Waals surface area (Å²) in [6.45, 7) is 6.40. The Morgan fingerprint density at radius 1 is 1.47 bits per heavy atom. The zero-order valence-electron chi connectivity index (χ0n) is 10.3. The van der Waals surface area contributed by atoms with E-state index >= 15 is 0 Å². The van der Waals surface area contributed by atoms with E-state index in [4.69, 9.17) is 5.73 Å². The number of hydrogen-bond donors (Lipinski definition) is 2. The fraction of sp³-hybridized carbons (Fsp3) is 0.500. The smallest absolute Gasteiger partial charge is 0.177 e. The Morgan fingerprint density at radius 3 is 2.82 bits per heavy atom. The van der Waals surface area contributed by atoms with Gasteiger partial charge in [-0.2, -0.15) is 0 Å². The number of pyridine rings is 1. The lowest BCUT2D eigenvalue weighted by atomic mass is 9.85. The minimum Gasteiger partial charge on any atom is -0.341 e. The van der Waals surface area contributed by atoms with Crippen LogP contribution in [0.5, 0.6) is 0 Å². The van der Waals surface area contributed by atoms with Crippen LogP contribution in [0.3, 0.4) is 0 Å². The molecule has 92 valence electrons. The number of aromatic amines is 1. The van der Waals surface area contributed by atoms with Crippen LogP contribution in [0, 0.1) is 5.41 Å². The zero-order valence-corrected chi connectivity index (χ0v) is 11.9. The summed E-state index contributed by atoms with van der Waals surface area (Å²) < 4.78 is 0.945. The van der Waals surface area contributed by atoms with Crippen LogP contribution in [-0.4, -0.2) is 21.0 Å². The number of aromatic nitrogens is 3. The molecule has 2 aromatic rings. The standard InChI is InChI=1S/C12H17BrN4/c1-12(2,3)9(14)5-10-16-8-4-7(13)6-15-11(8)17-10/h4,6,9H,5,14H2,1-3H3,(H,15,16,17). The first kappa shape index (κ1) is 12.5. The third-order valence-electron chi connectivity index (χ3n) is 2.88. The maximum absolute atomic E-state index is 6.14. The molecule has 1 atom stereocenters. The predicted molar refractivity (Wildman–Crippen MR) is 72.7 cm³/mol. The van der Waals surface area contributed by atoms with Crippen LogP contribution in [0.25, 0.3) is 11.2 Å². The van der Waals surface area contributed by atoms with Crippen molar-refractivity contribution in [2.45, 2.75) is 33.2 Å². The van der Waals surface area contributed by atoms with Gasteiger partial charge >= 0.3 is 0 Å². The maximum Gasteiger partial charge on any atom is 0.177 e. The Hall–Kier alpha value is -0.940. The van der Waals surface area contributed by atoms with Crippen LogP contribution in [0.4, 0.5) is 0 Å². The normalized spacial score (nSPS) is 14.2. The van der Waals surface area contributed by atoms with Gasteiger partial charge in [-0.1, -0.05) is 20.8 Å². The summed E-state index contributed by atoms with van der Waals surface area (Å²) in [6, 6.07) is 2.05. The average molecular weight is 297 g/mol. The van der Waals surface area contributed by atoms with Crippen molar-refractivity contribution in [1.29, 1.82) is 0 Å². The number of nitrogens with two attached hydrogens (primary N) is 1. The lowest BCUT2D eigenvalue weighted by Gasteiger charge is -2.26. The first-order valence-corrected chi connectivity index (χ1v) is 6.41. The Morgan fingerprint density at radius 2 is 2.18 bits per heavy atom. The first-order chi connectivity index (χ1) is 7.86. The molecule has 3 N–H and O–H groups in total. The average Bonchev–Trinajstić information content (AvgIpc) is 2.57. The summed E-state index contributed by atoms with van der Waals surface area (Å²) in [5.41, 5.74) is 7.90. The van der Waals surface area contributed by atoms with Crippen molar-refractivity contribution in [3.05, 3.63) is 22.6 Å². The highest BCUT2D eigenvalue weighted by Crippen LogP contribution is 2.21. The van der Waals surface area contributed by atoms with Gasteiger partial charge in [0, 0.05) is 23.1 Å². The van der Waals surface area contributed by atoms with E-state index in [2.05, 4.69) is 51.7 Å². The van der Waals surface area contributed by atoms with Crippen LogP contribution in [0.1, 0.15) is 26.6 Å². The fourth-order valence-corrected chi connectivity index (χ4v) is 1.87. The van der Waals surface area contributed by atoms with E-state index in [0.29, 0.717) is 0 Å². The molecule has 1 unspecified atom stereocenters. The molecule has 0 aliphatic heterocycles. The summed E-state index contributed by atoms with van der Waals surface area (Å²) in [5.74, 6) is 0.896. The second-order valence-corrected chi connectivity index (χ2v) is 6.30. The second-order valence-electron chi connectivity index (χ2n) is 5.38. The van der Waals surface area contributed by atoms with Crippen molar-refractivity contribution in [3.63, 3.8) is 0 Å². The van der Waals surface area contributed by atoms with E-state index in [1.54, 1.807) is 6.20 Å². The number of halogens is 1. The maximum atomic E-state index is 6.14. The van der Waals surface area contributed by atoms with Crippen molar-refractivity contribution in [3.8, 4) is 0 Å². The number of nitrogens with zero attached hydrogens (tertiary/aromatic N) is 2. The van der Waals surface area contributed by atoms with Gasteiger partial charge < -0.3 is 10.7 Å². The first-order valence-electron chi connectivity index (χ1n) is 5.62. The molecule has 2 aromatic heterocycles. The highest BCUT2D eigenvalue weighted by Gasteiger charge is 2.22. The molecule has 0 saturated carbocycles. The Balaban J connectivity index is 2.25. The lowest BCUT2D eigenvalue weighted by Crippen LogP contribution is -2.37. The van der Waals surface area contributed by atoms with Crippen molar-refractivity contribution in [1.82, 2.24) is 15.0 Å². The molecule has 17 heavy (non-hydrogen) atoms. The molecule has 2 rings (SSSR count). The molecule has 0 spiro atoms. The van der Waals surface area contributed by atoms with E-state index in [9.17, 15) is 0 Å². The lowest BCUT2D eigenvalue weighted by molar-refractivity contribution is 0.315. The van der Waals surface area contributed by atoms with E-state index < -0.39 is 0 Å². The van der Waals surface area contributed by atoms with Gasteiger partial charge in [0.15, 0.2) is 5.65 Å². The van der Waals surface area contributed by atoms with Crippen LogP contribution in [-0.2, 0) is 6.42 Å². The zero-order chi connectivity index (χ0) is 12.6. The Kier molecular flexibility index (Phi) is 3.23. The summed E-state index contributed by atoms with van der Waals surface area (Å²) in [5, 5.41) is 0. The molecule has 0 bridgehead atoms. The third-order valence-corrected chi connectivity index (χ3v) is 3.31. The van der Waals surface area contributed by atoms with Crippen molar-refractivity contribution < 1.29 is 0 Å². The highest BCUT2D eigenvalue weighted by molar-refractivity contribution is 9.10. The van der Waals surface area contributed by atoms with Gasteiger partial charge in [0.1, 0.15) is 5.82 Å². The molecule has 0 saturated heterocycles. The second kappa shape index (κ2) is 4.38. The van der Waals surface area contributed by atoms with E-state index in [1.165, 1.54) is 0 Å². The number of rotatable bonds is 2. The monoisotopic (exact) mass is 296 g/mol. The molecular formula is C12H17BrN4. The summed E-state index contributed by atoms with van der Waals surface area (Å²) >= 11 is 3.39. The van der Waals surface area contributed by atoms with E-state index in [-0.39, 0.29) is 11.5 Å². The molecule has 0 aliphatic rings. The summed E-state index contributed by atoms with van der Waals surface area (Å²) in [4.78, 5) is 11.9. The summed E-state index contributed by atoms with van der Waals surface area (Å²) in [7, 11) is 0. The van der Waals surface area contributed by atoms with Gasteiger partial charge in [-0.3, -0.25) is 0 Å². The number of nitrogens with one attached hydrogen (secondary N) is 1. The fourth-order valence-electron chi connectivity index (χ4n) is 1.54. The summed E-state index contributed by atoms with van der Waals surface area (Å²) in [6.07, 6.45) is 2.48. The van der Waals surface area contributed by atoms with Crippen molar-refractivity contribution in [2.75, 3.05) is 0 Å². The molecule has 4 nitrogen and oxygen atoms in total. The molecule has 0 amide bonds. The van der Waals surface area contributed by atoms with Crippen LogP contribution < -0.4 is 5.73 Å².